The number of rotatable bonds is 3. The Morgan fingerprint density at radius 2 is 1.95 bits per heavy atom. The zero-order chi connectivity index (χ0) is 15.2. The quantitative estimate of drug-likeness (QED) is 0.850. The minimum atomic E-state index is -0.329. The molecule has 108 valence electrons. The van der Waals surface area contributed by atoms with Crippen LogP contribution >= 0.6 is 23.8 Å². The lowest BCUT2D eigenvalue weighted by molar-refractivity contribution is 0.0977. The molecular weight excluding hydrogens is 308 g/mol. The van der Waals surface area contributed by atoms with Gasteiger partial charge in [0, 0.05) is 10.6 Å². The van der Waals surface area contributed by atoms with E-state index in [9.17, 15) is 4.79 Å². The Bertz CT molecular complexity index is 676. The molecule has 0 atom stereocenters. The lowest BCUT2D eigenvalue weighted by atomic mass is 10.2. The van der Waals surface area contributed by atoms with Crippen LogP contribution in [0.1, 0.15) is 10.4 Å². The van der Waals surface area contributed by atoms with Gasteiger partial charge in [0.25, 0.3) is 5.91 Å². The largest absolute Gasteiger partial charge is 0.495 e. The number of thiocarbonyl (C=S) groups is 1. The van der Waals surface area contributed by atoms with Gasteiger partial charge < -0.3 is 10.1 Å². The number of carbonyl (C=O) groups is 1. The van der Waals surface area contributed by atoms with Crippen molar-refractivity contribution < 1.29 is 9.53 Å². The van der Waals surface area contributed by atoms with Crippen LogP contribution in [0.15, 0.2) is 48.5 Å². The summed E-state index contributed by atoms with van der Waals surface area (Å²) < 4.78 is 5.20. The molecule has 2 N–H and O–H groups in total. The first kappa shape index (κ1) is 15.3. The van der Waals surface area contributed by atoms with Crippen LogP contribution in [0.3, 0.4) is 0 Å². The summed E-state index contributed by atoms with van der Waals surface area (Å²) >= 11 is 11.0. The highest BCUT2D eigenvalue weighted by Gasteiger charge is 2.09. The molecule has 0 spiro atoms. The van der Waals surface area contributed by atoms with E-state index in [2.05, 4.69) is 10.6 Å². The van der Waals surface area contributed by atoms with Crippen LogP contribution in [0.5, 0.6) is 5.75 Å². The lowest BCUT2D eigenvalue weighted by Gasteiger charge is -2.12. The zero-order valence-electron chi connectivity index (χ0n) is 11.2. The summed E-state index contributed by atoms with van der Waals surface area (Å²) in [5.41, 5.74) is 1.11. The second kappa shape index (κ2) is 7.06. The average molecular weight is 321 g/mol. The summed E-state index contributed by atoms with van der Waals surface area (Å²) in [6.07, 6.45) is 0. The summed E-state index contributed by atoms with van der Waals surface area (Å²) in [5.74, 6) is 0.307. The molecule has 0 aromatic heterocycles. The van der Waals surface area contributed by atoms with Crippen LogP contribution < -0.4 is 15.4 Å². The van der Waals surface area contributed by atoms with Gasteiger partial charge in [-0.3, -0.25) is 10.1 Å². The fraction of sp³-hybridized carbons (Fsp3) is 0.0667. The van der Waals surface area contributed by atoms with Gasteiger partial charge in [0.2, 0.25) is 0 Å². The molecule has 0 heterocycles. The summed E-state index contributed by atoms with van der Waals surface area (Å²) in [7, 11) is 1.56. The number of hydrogen-bond donors (Lipinski definition) is 2. The van der Waals surface area contributed by atoms with Gasteiger partial charge in [-0.15, -0.1) is 0 Å². The minimum absolute atomic E-state index is 0.185. The van der Waals surface area contributed by atoms with Crippen LogP contribution in [-0.2, 0) is 0 Å². The number of carbonyl (C=O) groups excluding carboxylic acids is 1. The minimum Gasteiger partial charge on any atom is -0.495 e. The van der Waals surface area contributed by atoms with E-state index in [4.69, 9.17) is 28.6 Å². The van der Waals surface area contributed by atoms with Crippen LogP contribution in [0.4, 0.5) is 5.69 Å². The highest BCUT2D eigenvalue weighted by atomic mass is 35.5. The van der Waals surface area contributed by atoms with Crippen molar-refractivity contribution in [2.75, 3.05) is 12.4 Å². The molecule has 0 unspecified atom stereocenters. The van der Waals surface area contributed by atoms with Crippen molar-refractivity contribution in [2.24, 2.45) is 0 Å². The van der Waals surface area contributed by atoms with Gasteiger partial charge in [0.05, 0.1) is 12.8 Å². The van der Waals surface area contributed by atoms with Crippen molar-refractivity contribution in [2.45, 2.75) is 0 Å². The van der Waals surface area contributed by atoms with Gasteiger partial charge in [-0.25, -0.2) is 0 Å². The lowest BCUT2D eigenvalue weighted by Crippen LogP contribution is -2.34. The molecule has 0 radical (unpaired) electrons. The van der Waals surface area contributed by atoms with E-state index < -0.39 is 0 Å². The summed E-state index contributed by atoms with van der Waals surface area (Å²) in [6, 6.07) is 13.9. The van der Waals surface area contributed by atoms with Gasteiger partial charge in [-0.05, 0) is 42.5 Å². The van der Waals surface area contributed by atoms with Crippen molar-refractivity contribution in [1.29, 1.82) is 0 Å². The van der Waals surface area contributed by atoms with E-state index in [1.54, 1.807) is 43.5 Å². The first-order chi connectivity index (χ1) is 10.1. The summed E-state index contributed by atoms with van der Waals surface area (Å²) in [4.78, 5) is 12.0. The van der Waals surface area contributed by atoms with Crippen molar-refractivity contribution in [1.82, 2.24) is 5.32 Å². The molecule has 0 aliphatic carbocycles. The van der Waals surface area contributed by atoms with Crippen LogP contribution in [0.2, 0.25) is 5.02 Å². The Morgan fingerprint density at radius 3 is 2.67 bits per heavy atom. The molecule has 0 aliphatic heterocycles. The number of methoxy groups -OCH3 is 1. The zero-order valence-corrected chi connectivity index (χ0v) is 12.8. The maximum absolute atomic E-state index is 12.0. The highest BCUT2D eigenvalue weighted by molar-refractivity contribution is 7.80. The van der Waals surface area contributed by atoms with Crippen molar-refractivity contribution in [3.8, 4) is 5.75 Å². The Balaban J connectivity index is 2.03. The number of benzene rings is 2. The molecule has 2 aromatic carbocycles. The molecule has 0 saturated carbocycles. The molecule has 0 bridgehead atoms. The predicted octanol–water partition coefficient (Wildman–Crippen LogP) is 3.48. The highest BCUT2D eigenvalue weighted by Crippen LogP contribution is 2.22. The topological polar surface area (TPSA) is 50.4 Å². The second-order valence-corrected chi connectivity index (χ2v) is 4.96. The van der Waals surface area contributed by atoms with E-state index in [0.717, 1.165) is 0 Å². The Morgan fingerprint density at radius 1 is 1.19 bits per heavy atom. The normalized spacial score (nSPS) is 9.81. The SMILES string of the molecule is COc1ccccc1NC(=S)NC(=O)c1cccc(Cl)c1. The monoisotopic (exact) mass is 320 g/mol. The van der Waals surface area contributed by atoms with Crippen LogP contribution in [-0.4, -0.2) is 18.1 Å². The third-order valence-electron chi connectivity index (χ3n) is 2.67. The number of halogens is 1. The van der Waals surface area contributed by atoms with E-state index >= 15 is 0 Å². The van der Waals surface area contributed by atoms with Gasteiger partial charge in [0.15, 0.2) is 5.11 Å². The van der Waals surface area contributed by atoms with Crippen molar-refractivity contribution in [3.63, 3.8) is 0 Å². The molecule has 4 nitrogen and oxygen atoms in total. The molecule has 2 aromatic rings. The van der Waals surface area contributed by atoms with Gasteiger partial charge >= 0.3 is 0 Å². The molecule has 2 rings (SSSR count). The smallest absolute Gasteiger partial charge is 0.257 e. The Kier molecular flexibility index (Phi) is 5.14. The third kappa shape index (κ3) is 4.18. The Hall–Kier alpha value is -2.11. The number of ether oxygens (including phenoxy) is 1. The second-order valence-electron chi connectivity index (χ2n) is 4.12. The molecule has 21 heavy (non-hydrogen) atoms. The first-order valence-electron chi connectivity index (χ1n) is 6.11. The number of para-hydroxylation sites is 2. The van der Waals surface area contributed by atoms with Gasteiger partial charge in [-0.1, -0.05) is 29.8 Å². The van der Waals surface area contributed by atoms with Crippen molar-refractivity contribution in [3.05, 3.63) is 59.1 Å². The molecular formula is C15H13ClN2O2S. The molecule has 1 amide bonds. The third-order valence-corrected chi connectivity index (χ3v) is 3.11. The number of hydrogen-bond acceptors (Lipinski definition) is 3. The predicted molar refractivity (Wildman–Crippen MR) is 88.1 cm³/mol. The van der Waals surface area contributed by atoms with E-state index in [0.29, 0.717) is 22.0 Å². The Labute approximate surface area is 133 Å². The number of nitrogens with one attached hydrogen (secondary N) is 2. The van der Waals surface area contributed by atoms with Gasteiger partial charge in [-0.2, -0.15) is 0 Å². The van der Waals surface area contributed by atoms with Gasteiger partial charge in [0.1, 0.15) is 5.75 Å². The van der Waals surface area contributed by atoms with E-state index in [1.165, 1.54) is 0 Å². The molecule has 0 aliphatic rings. The van der Waals surface area contributed by atoms with Crippen molar-refractivity contribution >= 4 is 40.5 Å². The summed E-state index contributed by atoms with van der Waals surface area (Å²) in [6.45, 7) is 0. The van der Waals surface area contributed by atoms with Crippen LogP contribution in [0, 0.1) is 0 Å². The molecule has 0 fully saturated rings. The molecule has 0 saturated heterocycles. The number of amides is 1. The maximum atomic E-state index is 12.0. The fourth-order valence-corrected chi connectivity index (χ4v) is 2.10. The summed E-state index contributed by atoms with van der Waals surface area (Å²) in [5, 5.41) is 6.19. The fourth-order valence-electron chi connectivity index (χ4n) is 1.71. The first-order valence-corrected chi connectivity index (χ1v) is 6.89. The maximum Gasteiger partial charge on any atom is 0.257 e. The van der Waals surface area contributed by atoms with E-state index in [-0.39, 0.29) is 11.0 Å². The molecule has 6 heteroatoms. The standard InChI is InChI=1S/C15H13ClN2O2S/c1-20-13-8-3-2-7-12(13)17-15(21)18-14(19)10-5-4-6-11(16)9-10/h2-9H,1H3,(H2,17,18,19,21). The van der Waals surface area contributed by atoms with E-state index in [1.807, 2.05) is 12.1 Å². The average Bonchev–Trinajstić information content (AvgIpc) is 2.47. The number of anilines is 1. The van der Waals surface area contributed by atoms with Crippen LogP contribution in [0.25, 0.3) is 0 Å².